The van der Waals surface area contributed by atoms with E-state index >= 15 is 0 Å². The average molecular weight is 400 g/mol. The Bertz CT molecular complexity index is 1090. The summed E-state index contributed by atoms with van der Waals surface area (Å²) in [6.45, 7) is 0.508. The second kappa shape index (κ2) is 9.09. The Balaban J connectivity index is 1.35. The molecule has 7 nitrogen and oxygen atoms in total. The Labute approximate surface area is 175 Å². The summed E-state index contributed by atoms with van der Waals surface area (Å²) in [5.41, 5.74) is 3.05. The van der Waals surface area contributed by atoms with Crippen LogP contribution in [0.2, 0.25) is 0 Å². The molecule has 152 valence electrons. The number of aromatic nitrogens is 4. The summed E-state index contributed by atoms with van der Waals surface area (Å²) in [6, 6.07) is 19.2. The summed E-state index contributed by atoms with van der Waals surface area (Å²) in [4.78, 5) is 17.0. The molecular weight excluding hydrogens is 376 g/mol. The Morgan fingerprint density at radius 3 is 2.50 bits per heavy atom. The van der Waals surface area contributed by atoms with Crippen molar-refractivity contribution < 1.29 is 4.79 Å². The first-order valence-electron chi connectivity index (χ1n) is 9.86. The summed E-state index contributed by atoms with van der Waals surface area (Å²) in [6.07, 6.45) is 8.10. The zero-order chi connectivity index (χ0) is 20.8. The van der Waals surface area contributed by atoms with Gasteiger partial charge in [-0.1, -0.05) is 48.5 Å². The van der Waals surface area contributed by atoms with E-state index < -0.39 is 0 Å². The normalized spacial score (nSPS) is 11.8. The van der Waals surface area contributed by atoms with Gasteiger partial charge in [0.15, 0.2) is 0 Å². The maximum atomic E-state index is 12.6. The van der Waals surface area contributed by atoms with Crippen molar-refractivity contribution >= 4 is 6.03 Å². The van der Waals surface area contributed by atoms with Crippen LogP contribution in [0.1, 0.15) is 23.0 Å². The molecular formula is C23H24N6O. The highest BCUT2D eigenvalue weighted by Gasteiger charge is 2.20. The number of carbonyl (C=O) groups excluding carboxylic acids is 1. The zero-order valence-corrected chi connectivity index (χ0v) is 16.8. The smallest absolute Gasteiger partial charge is 0.315 e. The first kappa shape index (κ1) is 19.4. The largest absolute Gasteiger partial charge is 0.338 e. The molecule has 30 heavy (non-hydrogen) atoms. The van der Waals surface area contributed by atoms with Crippen LogP contribution in [0.4, 0.5) is 4.79 Å². The molecule has 2 heterocycles. The van der Waals surface area contributed by atoms with Crippen molar-refractivity contribution in [3.05, 3.63) is 102 Å². The predicted octanol–water partition coefficient (Wildman–Crippen LogP) is 3.24. The number of hydrogen-bond donors (Lipinski definition) is 2. The quantitative estimate of drug-likeness (QED) is 0.500. The van der Waals surface area contributed by atoms with Crippen LogP contribution in [0.5, 0.6) is 0 Å². The molecule has 1 atom stereocenters. The van der Waals surface area contributed by atoms with Gasteiger partial charge >= 0.3 is 6.03 Å². The van der Waals surface area contributed by atoms with Crippen molar-refractivity contribution in [3.63, 3.8) is 0 Å². The van der Waals surface area contributed by atoms with Crippen molar-refractivity contribution in [2.24, 2.45) is 7.05 Å². The molecule has 0 radical (unpaired) electrons. The van der Waals surface area contributed by atoms with Gasteiger partial charge in [0.1, 0.15) is 11.9 Å². The van der Waals surface area contributed by atoms with E-state index in [1.807, 2.05) is 95.6 Å². The van der Waals surface area contributed by atoms with E-state index in [9.17, 15) is 4.79 Å². The fraction of sp³-hybridized carbons (Fsp3) is 0.174. The van der Waals surface area contributed by atoms with Gasteiger partial charge in [0.25, 0.3) is 0 Å². The molecule has 0 saturated carbocycles. The summed E-state index contributed by atoms with van der Waals surface area (Å²) >= 11 is 0. The van der Waals surface area contributed by atoms with E-state index in [1.165, 1.54) is 0 Å². The second-order valence-electron chi connectivity index (χ2n) is 7.02. The van der Waals surface area contributed by atoms with Gasteiger partial charge in [-0.3, -0.25) is 0 Å². The number of para-hydroxylation sites is 1. The molecule has 0 saturated heterocycles. The monoisotopic (exact) mass is 400 g/mol. The molecule has 7 heteroatoms. The number of hydrogen-bond acceptors (Lipinski definition) is 3. The van der Waals surface area contributed by atoms with Gasteiger partial charge in [-0.2, -0.15) is 5.10 Å². The first-order valence-corrected chi connectivity index (χ1v) is 9.86. The van der Waals surface area contributed by atoms with E-state index in [0.29, 0.717) is 13.0 Å². The SMILES string of the molecule is Cn1ccnc1C(NC(=O)NCCc1cnn(-c2ccccc2)c1)c1ccccc1. The third-order valence-corrected chi connectivity index (χ3v) is 4.88. The van der Waals surface area contributed by atoms with Gasteiger partial charge in [0.05, 0.1) is 11.9 Å². The highest BCUT2D eigenvalue weighted by Crippen LogP contribution is 2.19. The topological polar surface area (TPSA) is 76.8 Å². The van der Waals surface area contributed by atoms with Gasteiger partial charge in [0.2, 0.25) is 0 Å². The third kappa shape index (κ3) is 4.57. The number of amides is 2. The lowest BCUT2D eigenvalue weighted by Gasteiger charge is -2.19. The number of urea groups is 1. The molecule has 0 aliphatic rings. The van der Waals surface area contributed by atoms with Gasteiger partial charge in [0, 0.05) is 32.2 Å². The van der Waals surface area contributed by atoms with Crippen molar-refractivity contribution in [3.8, 4) is 5.69 Å². The number of carbonyl (C=O) groups is 1. The maximum Gasteiger partial charge on any atom is 0.315 e. The molecule has 0 aliphatic carbocycles. The number of nitrogens with one attached hydrogen (secondary N) is 2. The van der Waals surface area contributed by atoms with Crippen molar-refractivity contribution in [2.75, 3.05) is 6.54 Å². The lowest BCUT2D eigenvalue weighted by atomic mass is 10.1. The third-order valence-electron chi connectivity index (χ3n) is 4.88. The van der Waals surface area contributed by atoms with E-state index in [1.54, 1.807) is 6.20 Å². The summed E-state index contributed by atoms with van der Waals surface area (Å²) < 4.78 is 3.75. The van der Waals surface area contributed by atoms with Gasteiger partial charge < -0.3 is 15.2 Å². The second-order valence-corrected chi connectivity index (χ2v) is 7.02. The van der Waals surface area contributed by atoms with Crippen LogP contribution in [0.3, 0.4) is 0 Å². The van der Waals surface area contributed by atoms with Crippen LogP contribution >= 0.6 is 0 Å². The van der Waals surface area contributed by atoms with Crippen LogP contribution in [-0.2, 0) is 13.5 Å². The highest BCUT2D eigenvalue weighted by molar-refractivity contribution is 5.74. The standard InChI is InChI=1S/C23H24N6O/c1-28-15-14-24-22(28)21(19-8-4-2-5-9-19)27-23(30)25-13-12-18-16-26-29(17-18)20-10-6-3-7-11-20/h2-11,14-17,21H,12-13H2,1H3,(H2,25,27,30). The number of nitrogens with zero attached hydrogens (tertiary/aromatic N) is 4. The molecule has 0 fully saturated rings. The lowest BCUT2D eigenvalue weighted by molar-refractivity contribution is 0.238. The molecule has 0 bridgehead atoms. The number of rotatable bonds is 7. The minimum atomic E-state index is -0.327. The Hall–Kier alpha value is -3.87. The van der Waals surface area contributed by atoms with E-state index in [2.05, 4.69) is 20.7 Å². The molecule has 2 aromatic heterocycles. The Morgan fingerprint density at radius 1 is 1.07 bits per heavy atom. The molecule has 0 aliphatic heterocycles. The predicted molar refractivity (Wildman–Crippen MR) is 115 cm³/mol. The van der Waals surface area contributed by atoms with E-state index in [4.69, 9.17) is 0 Å². The summed E-state index contributed by atoms with van der Waals surface area (Å²) in [5.74, 6) is 0.778. The Morgan fingerprint density at radius 2 is 1.80 bits per heavy atom. The van der Waals surface area contributed by atoms with Crippen molar-refractivity contribution in [2.45, 2.75) is 12.5 Å². The van der Waals surface area contributed by atoms with Gasteiger partial charge in [-0.25, -0.2) is 14.5 Å². The van der Waals surface area contributed by atoms with Gasteiger partial charge in [-0.05, 0) is 29.7 Å². The number of imidazole rings is 1. The zero-order valence-electron chi connectivity index (χ0n) is 16.8. The Kier molecular flexibility index (Phi) is 5.89. The molecule has 2 aromatic carbocycles. The minimum absolute atomic E-state index is 0.234. The fourth-order valence-corrected chi connectivity index (χ4v) is 3.31. The highest BCUT2D eigenvalue weighted by atomic mass is 16.2. The van der Waals surface area contributed by atoms with Crippen molar-refractivity contribution in [1.82, 2.24) is 30.0 Å². The molecule has 1 unspecified atom stereocenters. The van der Waals surface area contributed by atoms with Crippen molar-refractivity contribution in [1.29, 1.82) is 0 Å². The van der Waals surface area contributed by atoms with Crippen LogP contribution in [0, 0.1) is 0 Å². The lowest BCUT2D eigenvalue weighted by Crippen LogP contribution is -2.40. The van der Waals surface area contributed by atoms with E-state index in [-0.39, 0.29) is 12.1 Å². The minimum Gasteiger partial charge on any atom is -0.338 e. The molecule has 4 aromatic rings. The number of benzene rings is 2. The van der Waals surface area contributed by atoms with E-state index in [0.717, 1.165) is 22.6 Å². The van der Waals surface area contributed by atoms with Crippen LogP contribution in [-0.4, -0.2) is 31.9 Å². The average Bonchev–Trinajstić information content (AvgIpc) is 3.42. The van der Waals surface area contributed by atoms with Crippen LogP contribution in [0.25, 0.3) is 5.69 Å². The molecule has 4 rings (SSSR count). The van der Waals surface area contributed by atoms with Crippen LogP contribution < -0.4 is 10.6 Å². The van der Waals surface area contributed by atoms with Gasteiger partial charge in [-0.15, -0.1) is 0 Å². The molecule has 2 N–H and O–H groups in total. The summed E-state index contributed by atoms with van der Waals surface area (Å²) in [7, 11) is 1.92. The molecule has 2 amide bonds. The fourth-order valence-electron chi connectivity index (χ4n) is 3.31. The first-order chi connectivity index (χ1) is 14.7. The number of aryl methyl sites for hydroxylation is 1. The van der Waals surface area contributed by atoms with Crippen LogP contribution in [0.15, 0.2) is 85.5 Å². The molecule has 0 spiro atoms. The summed E-state index contributed by atoms with van der Waals surface area (Å²) in [5, 5.41) is 10.4. The maximum absolute atomic E-state index is 12.6.